The minimum atomic E-state index is -4.37. The van der Waals surface area contributed by atoms with Crippen molar-refractivity contribution < 1.29 is 37.1 Å². The standard InChI is InChI=1S/C33H34Cl2N4O8S/c1-18(2)29(38-32(43)47-33(4,5)6)31(42)39-48(44,45)24-8-9-26(19(3)11-24)37-28(40)17-46-27-10-7-22(34)15-25(27)30(41)21-12-20(16-36)13-23(35)14-21/h7-15,18,29H,17H2,1-6H3,(H,37,40)(H,38,43)(H,39,42). The molecule has 3 aromatic carbocycles. The quantitative estimate of drug-likeness (QED) is 0.207. The third kappa shape index (κ3) is 10.4. The lowest BCUT2D eigenvalue weighted by Gasteiger charge is -2.25. The van der Waals surface area contributed by atoms with E-state index in [-0.39, 0.29) is 43.1 Å². The Bertz CT molecular complexity index is 1900. The summed E-state index contributed by atoms with van der Waals surface area (Å²) in [5.41, 5.74) is 0.125. The molecule has 0 saturated heterocycles. The lowest BCUT2D eigenvalue weighted by Crippen LogP contribution is -2.52. The summed E-state index contributed by atoms with van der Waals surface area (Å²) in [6, 6.07) is 13.0. The monoisotopic (exact) mass is 716 g/mol. The minimum Gasteiger partial charge on any atom is -0.483 e. The number of sulfonamides is 1. The SMILES string of the molecule is Cc1cc(S(=O)(=O)NC(=O)C(NC(=O)OC(C)(C)C)C(C)C)ccc1NC(=O)COc1ccc(Cl)cc1C(=O)c1cc(Cl)cc(C#N)c1. The molecule has 3 N–H and O–H groups in total. The van der Waals surface area contributed by atoms with Crippen molar-refractivity contribution in [2.24, 2.45) is 5.92 Å². The first-order chi connectivity index (χ1) is 22.3. The average molecular weight is 718 g/mol. The van der Waals surface area contributed by atoms with E-state index < -0.39 is 57.9 Å². The van der Waals surface area contributed by atoms with Crippen LogP contribution in [0.5, 0.6) is 5.75 Å². The Balaban J connectivity index is 1.70. The van der Waals surface area contributed by atoms with Gasteiger partial charge in [0.05, 0.1) is 22.1 Å². The second kappa shape index (κ2) is 15.5. The normalized spacial score (nSPS) is 12.0. The van der Waals surface area contributed by atoms with Gasteiger partial charge in [-0.1, -0.05) is 37.0 Å². The van der Waals surface area contributed by atoms with E-state index in [4.69, 9.17) is 32.7 Å². The molecule has 48 heavy (non-hydrogen) atoms. The number of nitriles is 1. The van der Waals surface area contributed by atoms with Crippen molar-refractivity contribution in [3.8, 4) is 11.8 Å². The van der Waals surface area contributed by atoms with E-state index in [0.29, 0.717) is 5.56 Å². The number of aryl methyl sites for hydroxylation is 1. The van der Waals surface area contributed by atoms with E-state index in [1.54, 1.807) is 41.5 Å². The van der Waals surface area contributed by atoms with E-state index >= 15 is 0 Å². The molecule has 1 unspecified atom stereocenters. The average Bonchev–Trinajstić information content (AvgIpc) is 2.98. The number of alkyl carbamates (subject to hydrolysis) is 1. The number of ether oxygens (including phenoxy) is 2. The molecule has 0 aliphatic rings. The second-order valence-corrected chi connectivity index (χ2v) is 14.5. The van der Waals surface area contributed by atoms with Crippen molar-refractivity contribution in [1.29, 1.82) is 5.26 Å². The number of halogens is 2. The molecule has 12 nitrogen and oxygen atoms in total. The van der Waals surface area contributed by atoms with Crippen LogP contribution in [-0.2, 0) is 24.3 Å². The summed E-state index contributed by atoms with van der Waals surface area (Å²) < 4.78 is 38.9. The lowest BCUT2D eigenvalue weighted by atomic mass is 10.0. The van der Waals surface area contributed by atoms with Crippen LogP contribution in [-0.4, -0.2) is 50.4 Å². The van der Waals surface area contributed by atoms with Crippen LogP contribution in [0.25, 0.3) is 0 Å². The zero-order valence-corrected chi connectivity index (χ0v) is 29.3. The molecule has 3 amide bonds. The Morgan fingerprint density at radius 3 is 2.25 bits per heavy atom. The first-order valence-electron chi connectivity index (χ1n) is 14.4. The predicted octanol–water partition coefficient (Wildman–Crippen LogP) is 5.78. The summed E-state index contributed by atoms with van der Waals surface area (Å²) in [5, 5.41) is 14.7. The van der Waals surface area contributed by atoms with Crippen molar-refractivity contribution in [1.82, 2.24) is 10.0 Å². The summed E-state index contributed by atoms with van der Waals surface area (Å²) in [4.78, 5) is 50.9. The van der Waals surface area contributed by atoms with E-state index in [2.05, 4.69) is 10.6 Å². The number of rotatable bonds is 11. The maximum absolute atomic E-state index is 13.3. The number of nitrogens with zero attached hydrogens (tertiary/aromatic N) is 1. The van der Waals surface area contributed by atoms with Gasteiger partial charge in [0.15, 0.2) is 12.4 Å². The molecule has 0 saturated carbocycles. The highest BCUT2D eigenvalue weighted by molar-refractivity contribution is 7.90. The molecule has 0 aliphatic heterocycles. The van der Waals surface area contributed by atoms with Crippen LogP contribution in [0, 0.1) is 24.2 Å². The highest BCUT2D eigenvalue weighted by Crippen LogP contribution is 2.28. The lowest BCUT2D eigenvalue weighted by molar-refractivity contribution is -0.122. The third-order valence-corrected chi connectivity index (χ3v) is 8.27. The van der Waals surface area contributed by atoms with Gasteiger partial charge in [-0.15, -0.1) is 0 Å². The highest BCUT2D eigenvalue weighted by Gasteiger charge is 2.30. The molecule has 15 heteroatoms. The fraction of sp³-hybridized carbons (Fsp3) is 0.303. The van der Waals surface area contributed by atoms with Crippen LogP contribution in [0.15, 0.2) is 59.5 Å². The van der Waals surface area contributed by atoms with E-state index in [1.165, 1.54) is 54.6 Å². The van der Waals surface area contributed by atoms with Crippen LogP contribution in [0.3, 0.4) is 0 Å². The summed E-state index contributed by atoms with van der Waals surface area (Å²) in [6.07, 6.45) is -0.872. The smallest absolute Gasteiger partial charge is 0.408 e. The Labute approximate surface area is 288 Å². The number of ketones is 1. The summed E-state index contributed by atoms with van der Waals surface area (Å²) >= 11 is 12.2. The van der Waals surface area contributed by atoms with Crippen molar-refractivity contribution in [3.63, 3.8) is 0 Å². The van der Waals surface area contributed by atoms with Gasteiger partial charge in [-0.2, -0.15) is 5.26 Å². The second-order valence-electron chi connectivity index (χ2n) is 12.0. The number of hydrogen-bond acceptors (Lipinski definition) is 9. The molecule has 0 bridgehead atoms. The summed E-state index contributed by atoms with van der Waals surface area (Å²) in [5.74, 6) is -2.54. The molecular weight excluding hydrogens is 683 g/mol. The van der Waals surface area contributed by atoms with Gasteiger partial charge in [-0.25, -0.2) is 17.9 Å². The van der Waals surface area contributed by atoms with Gasteiger partial charge in [0, 0.05) is 21.3 Å². The van der Waals surface area contributed by atoms with E-state index in [9.17, 15) is 32.9 Å². The molecule has 1 atom stereocenters. The highest BCUT2D eigenvalue weighted by atomic mass is 35.5. The molecular formula is C33H34Cl2N4O8S. The van der Waals surface area contributed by atoms with E-state index in [0.717, 1.165) is 0 Å². The van der Waals surface area contributed by atoms with Crippen molar-refractivity contribution >= 4 is 62.6 Å². The van der Waals surface area contributed by atoms with Gasteiger partial charge < -0.3 is 20.1 Å². The number of carbonyl (C=O) groups excluding carboxylic acids is 4. The first-order valence-corrected chi connectivity index (χ1v) is 16.7. The number of carbonyl (C=O) groups is 4. The molecule has 0 radical (unpaired) electrons. The molecule has 3 aromatic rings. The Morgan fingerprint density at radius 2 is 1.65 bits per heavy atom. The first kappa shape index (κ1) is 37.8. The van der Waals surface area contributed by atoms with Crippen molar-refractivity contribution in [3.05, 3.63) is 86.9 Å². The summed E-state index contributed by atoms with van der Waals surface area (Å²) in [7, 11) is -4.37. The third-order valence-electron chi connectivity index (χ3n) is 6.47. The largest absolute Gasteiger partial charge is 0.483 e. The van der Waals surface area contributed by atoms with Crippen molar-refractivity contribution in [2.75, 3.05) is 11.9 Å². The zero-order valence-electron chi connectivity index (χ0n) is 26.9. The fourth-order valence-electron chi connectivity index (χ4n) is 4.24. The number of hydrogen-bond donors (Lipinski definition) is 3. The Morgan fingerprint density at radius 1 is 0.958 bits per heavy atom. The van der Waals surface area contributed by atoms with Gasteiger partial charge >= 0.3 is 6.09 Å². The maximum Gasteiger partial charge on any atom is 0.408 e. The van der Waals surface area contributed by atoms with Gasteiger partial charge in [-0.3, -0.25) is 14.4 Å². The topological polar surface area (TPSA) is 181 Å². The number of anilines is 1. The van der Waals surface area contributed by atoms with Crippen LogP contribution in [0.2, 0.25) is 10.0 Å². The van der Waals surface area contributed by atoms with E-state index in [1.807, 2.05) is 10.8 Å². The van der Waals surface area contributed by atoms with Gasteiger partial charge in [0.1, 0.15) is 17.4 Å². The Kier molecular flexibility index (Phi) is 12.2. The van der Waals surface area contributed by atoms with Crippen LogP contribution < -0.4 is 20.1 Å². The minimum absolute atomic E-state index is 0.0373. The number of amides is 3. The molecule has 3 rings (SSSR count). The molecule has 254 valence electrons. The predicted molar refractivity (Wildman–Crippen MR) is 180 cm³/mol. The number of nitrogens with one attached hydrogen (secondary N) is 3. The number of benzene rings is 3. The van der Waals surface area contributed by atoms with Crippen LogP contribution >= 0.6 is 23.2 Å². The molecule has 0 heterocycles. The molecule has 0 aromatic heterocycles. The molecule has 0 aliphatic carbocycles. The maximum atomic E-state index is 13.3. The molecule has 0 fully saturated rings. The summed E-state index contributed by atoms with van der Waals surface area (Å²) in [6.45, 7) is 9.24. The zero-order chi connectivity index (χ0) is 36.0. The van der Waals surface area contributed by atoms with Crippen molar-refractivity contribution in [2.45, 2.75) is 58.1 Å². The van der Waals surface area contributed by atoms with Gasteiger partial charge in [-0.05, 0) is 93.8 Å². The Hall–Kier alpha value is -4.64. The fourth-order valence-corrected chi connectivity index (χ4v) is 5.74. The van der Waals surface area contributed by atoms with Gasteiger partial charge in [0.25, 0.3) is 21.8 Å². The van der Waals surface area contributed by atoms with Crippen LogP contribution in [0.1, 0.15) is 61.7 Å². The van der Waals surface area contributed by atoms with Gasteiger partial charge in [0.2, 0.25) is 0 Å². The molecule has 0 spiro atoms. The van der Waals surface area contributed by atoms with Crippen LogP contribution in [0.4, 0.5) is 10.5 Å².